The highest BCUT2D eigenvalue weighted by Gasteiger charge is 2.35. The van der Waals surface area contributed by atoms with Crippen molar-refractivity contribution >= 4 is 23.1 Å². The molecule has 0 atom stereocenters. The number of nitrogens with zero attached hydrogens (tertiary/aromatic N) is 4. The highest BCUT2D eigenvalue weighted by molar-refractivity contribution is 6.09. The number of nitrogens with two attached hydrogens (primary N) is 1. The SMILES string of the molecule is CC1(C)Oc2ncnc(N)c2N=C1c1ccc(C2CCC(CCC(=O)N3CCC(O)CC3)CC2)cc1. The zero-order valence-corrected chi connectivity index (χ0v) is 21.3. The van der Waals surface area contributed by atoms with E-state index >= 15 is 0 Å². The summed E-state index contributed by atoms with van der Waals surface area (Å²) in [5.74, 6) is 2.17. The van der Waals surface area contributed by atoms with E-state index in [9.17, 15) is 9.90 Å². The molecule has 2 aromatic rings. The van der Waals surface area contributed by atoms with Gasteiger partial charge in [0.15, 0.2) is 11.5 Å². The van der Waals surface area contributed by atoms with Gasteiger partial charge in [-0.1, -0.05) is 24.3 Å². The highest BCUT2D eigenvalue weighted by atomic mass is 16.5. The number of carbonyl (C=O) groups excluding carboxylic acids is 1. The van der Waals surface area contributed by atoms with Crippen molar-refractivity contribution in [3.8, 4) is 5.88 Å². The van der Waals surface area contributed by atoms with Crippen LogP contribution < -0.4 is 10.5 Å². The van der Waals surface area contributed by atoms with Gasteiger partial charge in [-0.05, 0) is 76.2 Å². The second kappa shape index (κ2) is 10.2. The molecule has 5 rings (SSSR count). The monoisotopic (exact) mass is 491 g/mol. The van der Waals surface area contributed by atoms with Gasteiger partial charge in [0.2, 0.25) is 11.8 Å². The Morgan fingerprint density at radius 2 is 1.78 bits per heavy atom. The zero-order chi connectivity index (χ0) is 25.3. The smallest absolute Gasteiger partial charge is 0.246 e. The maximum Gasteiger partial charge on any atom is 0.246 e. The number of amides is 1. The number of nitrogen functional groups attached to an aromatic ring is 1. The Balaban J connectivity index is 1.17. The summed E-state index contributed by atoms with van der Waals surface area (Å²) in [6, 6.07) is 8.69. The first kappa shape index (κ1) is 24.7. The van der Waals surface area contributed by atoms with Crippen LogP contribution in [0.25, 0.3) is 0 Å². The van der Waals surface area contributed by atoms with Crippen molar-refractivity contribution in [1.29, 1.82) is 0 Å². The molecule has 1 saturated heterocycles. The average molecular weight is 492 g/mol. The summed E-state index contributed by atoms with van der Waals surface area (Å²) < 4.78 is 6.11. The number of piperidine rings is 1. The third-order valence-corrected chi connectivity index (χ3v) is 8.05. The van der Waals surface area contributed by atoms with E-state index in [4.69, 9.17) is 15.5 Å². The molecule has 8 heteroatoms. The maximum atomic E-state index is 12.5. The number of aliphatic imine (C=N–C) groups is 1. The molecule has 8 nitrogen and oxygen atoms in total. The van der Waals surface area contributed by atoms with Gasteiger partial charge in [0.1, 0.15) is 11.9 Å². The van der Waals surface area contributed by atoms with E-state index in [0.717, 1.165) is 30.5 Å². The molecule has 3 N–H and O–H groups in total. The predicted octanol–water partition coefficient (Wildman–Crippen LogP) is 4.39. The minimum absolute atomic E-state index is 0.237. The number of anilines is 1. The lowest BCUT2D eigenvalue weighted by Gasteiger charge is -2.32. The Morgan fingerprint density at radius 1 is 1.08 bits per heavy atom. The van der Waals surface area contributed by atoms with E-state index in [2.05, 4.69) is 34.2 Å². The van der Waals surface area contributed by atoms with Crippen molar-refractivity contribution in [2.45, 2.75) is 82.8 Å². The van der Waals surface area contributed by atoms with Crippen molar-refractivity contribution < 1.29 is 14.6 Å². The fourth-order valence-corrected chi connectivity index (χ4v) is 5.80. The molecular formula is C28H37N5O3. The largest absolute Gasteiger partial charge is 0.463 e. The predicted molar refractivity (Wildman–Crippen MR) is 140 cm³/mol. The first-order valence-corrected chi connectivity index (χ1v) is 13.2. The molecular weight excluding hydrogens is 454 g/mol. The van der Waals surface area contributed by atoms with E-state index in [0.29, 0.717) is 61.6 Å². The molecule has 2 aliphatic heterocycles. The normalized spacial score (nSPS) is 24.0. The lowest BCUT2D eigenvalue weighted by Crippen LogP contribution is -2.41. The van der Waals surface area contributed by atoms with Gasteiger partial charge in [-0.15, -0.1) is 0 Å². The van der Waals surface area contributed by atoms with Crippen LogP contribution in [-0.4, -0.2) is 56.4 Å². The zero-order valence-electron chi connectivity index (χ0n) is 21.3. The molecule has 3 heterocycles. The number of ether oxygens (including phenoxy) is 1. The number of benzene rings is 1. The van der Waals surface area contributed by atoms with Crippen LogP contribution in [0.5, 0.6) is 5.88 Å². The van der Waals surface area contributed by atoms with E-state index < -0.39 is 5.60 Å². The molecule has 2 fully saturated rings. The molecule has 0 radical (unpaired) electrons. The summed E-state index contributed by atoms with van der Waals surface area (Å²) in [6.45, 7) is 5.38. The third kappa shape index (κ3) is 5.24. The standard InChI is InChI=1S/C28H37N5O3/c1-28(2)25(32-24-26(29)30-17-31-27(24)36-28)21-10-8-20(9-11-21)19-6-3-18(4-7-19)5-12-23(35)33-15-13-22(34)14-16-33/h8-11,17-19,22,34H,3-7,12-16H2,1-2H3,(H2,29,30,31). The Kier molecular flexibility index (Phi) is 6.97. The molecule has 3 aliphatic rings. The molecule has 0 bridgehead atoms. The van der Waals surface area contributed by atoms with E-state index in [1.54, 1.807) is 0 Å². The molecule has 36 heavy (non-hydrogen) atoms. The number of carbonyl (C=O) groups is 1. The summed E-state index contributed by atoms with van der Waals surface area (Å²) in [4.78, 5) is 27.5. The topological polar surface area (TPSA) is 114 Å². The first-order valence-electron chi connectivity index (χ1n) is 13.2. The van der Waals surface area contributed by atoms with Crippen LogP contribution in [0.15, 0.2) is 35.6 Å². The van der Waals surface area contributed by atoms with E-state index in [1.165, 1.54) is 24.7 Å². The van der Waals surface area contributed by atoms with Gasteiger partial charge in [0.25, 0.3) is 0 Å². The van der Waals surface area contributed by atoms with Crippen molar-refractivity contribution in [3.05, 3.63) is 41.7 Å². The van der Waals surface area contributed by atoms with Crippen LogP contribution in [0.1, 0.15) is 82.3 Å². The van der Waals surface area contributed by atoms with Gasteiger partial charge in [0.05, 0.1) is 11.8 Å². The fourth-order valence-electron chi connectivity index (χ4n) is 5.80. The third-order valence-electron chi connectivity index (χ3n) is 8.05. The van der Waals surface area contributed by atoms with Crippen LogP contribution in [-0.2, 0) is 4.79 Å². The quantitative estimate of drug-likeness (QED) is 0.641. The maximum absolute atomic E-state index is 12.5. The van der Waals surface area contributed by atoms with Crippen molar-refractivity contribution in [2.24, 2.45) is 10.9 Å². The van der Waals surface area contributed by atoms with Crippen LogP contribution in [0.3, 0.4) is 0 Å². The Labute approximate surface area is 213 Å². The Morgan fingerprint density at radius 3 is 2.47 bits per heavy atom. The van der Waals surface area contributed by atoms with Crippen molar-refractivity contribution in [1.82, 2.24) is 14.9 Å². The van der Waals surface area contributed by atoms with E-state index in [1.807, 2.05) is 18.7 Å². The Bertz CT molecular complexity index is 1110. The number of rotatable bonds is 5. The Hall–Kier alpha value is -3.00. The summed E-state index contributed by atoms with van der Waals surface area (Å²) in [5, 5.41) is 9.65. The van der Waals surface area contributed by atoms with Gasteiger partial charge in [-0.2, -0.15) is 4.98 Å². The second-order valence-electron chi connectivity index (χ2n) is 11.0. The lowest BCUT2D eigenvalue weighted by atomic mass is 9.77. The number of likely N-dealkylation sites (tertiary alicyclic amines) is 1. The molecule has 192 valence electrons. The van der Waals surface area contributed by atoms with Crippen LogP contribution >= 0.6 is 0 Å². The number of aromatic nitrogens is 2. The summed E-state index contributed by atoms with van der Waals surface area (Å²) in [6.07, 6.45) is 8.85. The van der Waals surface area contributed by atoms with Gasteiger partial charge in [-0.3, -0.25) is 4.79 Å². The minimum atomic E-state index is -0.626. The van der Waals surface area contributed by atoms with Gasteiger partial charge < -0.3 is 20.5 Å². The minimum Gasteiger partial charge on any atom is -0.463 e. The summed E-state index contributed by atoms with van der Waals surface area (Å²) in [7, 11) is 0. The summed E-state index contributed by atoms with van der Waals surface area (Å²) >= 11 is 0. The molecule has 0 unspecified atom stereocenters. The number of aliphatic hydroxyl groups is 1. The van der Waals surface area contributed by atoms with Gasteiger partial charge in [-0.25, -0.2) is 9.98 Å². The number of fused-ring (bicyclic) bond motifs is 1. The van der Waals surface area contributed by atoms with Gasteiger partial charge >= 0.3 is 0 Å². The molecule has 1 aromatic heterocycles. The number of aliphatic hydroxyl groups excluding tert-OH is 1. The second-order valence-corrected chi connectivity index (χ2v) is 11.0. The van der Waals surface area contributed by atoms with Crippen molar-refractivity contribution in [2.75, 3.05) is 18.8 Å². The molecule has 1 aliphatic carbocycles. The molecule has 1 amide bonds. The van der Waals surface area contributed by atoms with Gasteiger partial charge in [0, 0.05) is 25.1 Å². The number of hydrogen-bond acceptors (Lipinski definition) is 7. The number of hydrogen-bond donors (Lipinski definition) is 2. The molecule has 0 spiro atoms. The molecule has 1 saturated carbocycles. The first-order chi connectivity index (χ1) is 17.3. The molecule has 1 aromatic carbocycles. The lowest BCUT2D eigenvalue weighted by molar-refractivity contribution is -0.133. The fraction of sp³-hybridized carbons (Fsp3) is 0.571. The highest BCUT2D eigenvalue weighted by Crippen LogP contribution is 2.40. The van der Waals surface area contributed by atoms with E-state index in [-0.39, 0.29) is 12.0 Å². The van der Waals surface area contributed by atoms with Crippen LogP contribution in [0.4, 0.5) is 11.5 Å². The van der Waals surface area contributed by atoms with Crippen LogP contribution in [0, 0.1) is 5.92 Å². The average Bonchev–Trinajstić information content (AvgIpc) is 2.87. The summed E-state index contributed by atoms with van der Waals surface area (Å²) in [5.41, 5.74) is 9.07. The van der Waals surface area contributed by atoms with Crippen LogP contribution in [0.2, 0.25) is 0 Å². The van der Waals surface area contributed by atoms with Crippen molar-refractivity contribution in [3.63, 3.8) is 0 Å².